The lowest BCUT2D eigenvalue weighted by Crippen LogP contribution is -2.38. The van der Waals surface area contributed by atoms with Gasteiger partial charge in [-0.1, -0.05) is 12.5 Å². The molecule has 2 aromatic rings. The summed E-state index contributed by atoms with van der Waals surface area (Å²) in [4.78, 5) is 19.1. The first-order valence-electron chi connectivity index (χ1n) is 8.71. The van der Waals surface area contributed by atoms with Crippen molar-refractivity contribution in [3.63, 3.8) is 0 Å². The number of anilines is 1. The number of hydrogen-bond acceptors (Lipinski definition) is 3. The Kier molecular flexibility index (Phi) is 3.79. The van der Waals surface area contributed by atoms with E-state index < -0.39 is 0 Å². The van der Waals surface area contributed by atoms with Gasteiger partial charge in [0.1, 0.15) is 6.26 Å². The molecule has 0 spiro atoms. The molecule has 1 aliphatic heterocycles. The van der Waals surface area contributed by atoms with E-state index in [9.17, 15) is 4.79 Å². The lowest BCUT2D eigenvalue weighted by molar-refractivity contribution is 0.204. The predicted molar refractivity (Wildman–Crippen MR) is 92.9 cm³/mol. The average Bonchev–Trinajstić information content (AvgIpc) is 3.12. The molecule has 126 valence electrons. The van der Waals surface area contributed by atoms with Crippen LogP contribution in [-0.4, -0.2) is 28.5 Å². The van der Waals surface area contributed by atoms with Crippen molar-refractivity contribution in [2.24, 2.45) is 5.92 Å². The maximum Gasteiger partial charge on any atom is 0.322 e. The SMILES string of the molecule is Cc1coc(-c2cc(NC(=O)N3CC4CCCC3C4)ccc2C)n1. The second-order valence-electron chi connectivity index (χ2n) is 7.09. The highest BCUT2D eigenvalue weighted by molar-refractivity contribution is 5.90. The molecule has 2 heterocycles. The summed E-state index contributed by atoms with van der Waals surface area (Å²) in [5.41, 5.74) is 3.63. The number of nitrogens with one attached hydrogen (secondary N) is 1. The number of hydrogen-bond donors (Lipinski definition) is 1. The molecule has 2 amide bonds. The highest BCUT2D eigenvalue weighted by atomic mass is 16.3. The molecule has 24 heavy (non-hydrogen) atoms. The number of benzene rings is 1. The molecular formula is C19H23N3O2. The van der Waals surface area contributed by atoms with Gasteiger partial charge < -0.3 is 14.6 Å². The third kappa shape index (κ3) is 2.79. The van der Waals surface area contributed by atoms with E-state index in [1.807, 2.05) is 36.9 Å². The third-order valence-electron chi connectivity index (χ3n) is 5.25. The third-order valence-corrected chi connectivity index (χ3v) is 5.25. The van der Waals surface area contributed by atoms with Crippen molar-refractivity contribution >= 4 is 11.7 Å². The van der Waals surface area contributed by atoms with Crippen molar-refractivity contribution in [2.75, 3.05) is 11.9 Å². The number of urea groups is 1. The Morgan fingerprint density at radius 2 is 2.21 bits per heavy atom. The Morgan fingerprint density at radius 1 is 1.33 bits per heavy atom. The first kappa shape index (κ1) is 15.2. The van der Waals surface area contributed by atoms with Gasteiger partial charge in [0.15, 0.2) is 0 Å². The molecule has 1 saturated heterocycles. The van der Waals surface area contributed by atoms with Crippen LogP contribution in [0.25, 0.3) is 11.5 Å². The minimum Gasteiger partial charge on any atom is -0.444 e. The Labute approximate surface area is 142 Å². The largest absolute Gasteiger partial charge is 0.444 e. The summed E-state index contributed by atoms with van der Waals surface area (Å²) in [5, 5.41) is 3.06. The molecule has 2 aliphatic rings. The van der Waals surface area contributed by atoms with Crippen molar-refractivity contribution in [2.45, 2.75) is 45.6 Å². The van der Waals surface area contributed by atoms with Crippen LogP contribution in [0.3, 0.4) is 0 Å². The summed E-state index contributed by atoms with van der Waals surface area (Å²) in [6.45, 7) is 4.82. The van der Waals surface area contributed by atoms with E-state index in [4.69, 9.17) is 4.42 Å². The molecule has 1 saturated carbocycles. The molecule has 1 aliphatic carbocycles. The summed E-state index contributed by atoms with van der Waals surface area (Å²) < 4.78 is 5.51. The van der Waals surface area contributed by atoms with Gasteiger partial charge in [0.2, 0.25) is 5.89 Å². The maximum absolute atomic E-state index is 12.7. The fourth-order valence-electron chi connectivity index (χ4n) is 3.99. The lowest BCUT2D eigenvalue weighted by atomic mass is 9.91. The summed E-state index contributed by atoms with van der Waals surface area (Å²) in [6, 6.07) is 6.31. The molecule has 5 heteroatoms. The highest BCUT2D eigenvalue weighted by Gasteiger charge is 2.37. The monoisotopic (exact) mass is 325 g/mol. The van der Waals surface area contributed by atoms with Gasteiger partial charge in [-0.2, -0.15) is 0 Å². The zero-order valence-electron chi connectivity index (χ0n) is 14.2. The van der Waals surface area contributed by atoms with Gasteiger partial charge in [0, 0.05) is 23.8 Å². The zero-order valence-corrected chi connectivity index (χ0v) is 14.2. The van der Waals surface area contributed by atoms with E-state index in [1.54, 1.807) is 6.26 Å². The fraction of sp³-hybridized carbons (Fsp3) is 0.474. The van der Waals surface area contributed by atoms with Gasteiger partial charge >= 0.3 is 6.03 Å². The van der Waals surface area contributed by atoms with E-state index >= 15 is 0 Å². The number of carbonyl (C=O) groups excluding carboxylic acids is 1. The summed E-state index contributed by atoms with van der Waals surface area (Å²) in [5.74, 6) is 1.29. The van der Waals surface area contributed by atoms with Crippen LogP contribution in [0.2, 0.25) is 0 Å². The molecule has 2 bridgehead atoms. The molecule has 5 nitrogen and oxygen atoms in total. The molecule has 4 rings (SSSR count). The number of aromatic nitrogens is 1. The second-order valence-corrected chi connectivity index (χ2v) is 7.09. The number of fused-ring (bicyclic) bond motifs is 2. The number of amides is 2. The normalized spacial score (nSPS) is 22.7. The summed E-state index contributed by atoms with van der Waals surface area (Å²) in [6.07, 6.45) is 6.46. The molecule has 1 aromatic heterocycles. The maximum atomic E-state index is 12.7. The zero-order chi connectivity index (χ0) is 16.7. The minimum absolute atomic E-state index is 0.0165. The molecular weight excluding hydrogens is 302 g/mol. The smallest absolute Gasteiger partial charge is 0.322 e. The molecule has 2 atom stereocenters. The van der Waals surface area contributed by atoms with Gasteiger partial charge in [-0.15, -0.1) is 0 Å². The van der Waals surface area contributed by atoms with Gasteiger partial charge in [-0.3, -0.25) is 0 Å². The van der Waals surface area contributed by atoms with Crippen LogP contribution in [0, 0.1) is 19.8 Å². The van der Waals surface area contributed by atoms with E-state index in [-0.39, 0.29) is 6.03 Å². The van der Waals surface area contributed by atoms with Crippen LogP contribution < -0.4 is 5.32 Å². The molecule has 1 aromatic carbocycles. The van der Waals surface area contributed by atoms with E-state index in [0.717, 1.165) is 35.5 Å². The molecule has 2 fully saturated rings. The topological polar surface area (TPSA) is 58.4 Å². The van der Waals surface area contributed by atoms with Crippen molar-refractivity contribution < 1.29 is 9.21 Å². The van der Waals surface area contributed by atoms with Crippen LogP contribution >= 0.6 is 0 Å². The number of oxazole rings is 1. The lowest BCUT2D eigenvalue weighted by Gasteiger charge is -2.25. The van der Waals surface area contributed by atoms with Crippen LogP contribution in [0.4, 0.5) is 10.5 Å². The highest BCUT2D eigenvalue weighted by Crippen LogP contribution is 2.35. The van der Waals surface area contributed by atoms with E-state index in [0.29, 0.717) is 17.9 Å². The summed E-state index contributed by atoms with van der Waals surface area (Å²) in [7, 11) is 0. The second kappa shape index (κ2) is 5.96. The van der Waals surface area contributed by atoms with Gasteiger partial charge in [0.05, 0.1) is 5.69 Å². The Bertz CT molecular complexity index is 768. The molecule has 0 radical (unpaired) electrons. The number of rotatable bonds is 2. The van der Waals surface area contributed by atoms with Crippen molar-refractivity contribution in [1.82, 2.24) is 9.88 Å². The predicted octanol–water partition coefficient (Wildman–Crippen LogP) is 4.36. The van der Waals surface area contributed by atoms with Crippen molar-refractivity contribution in [3.8, 4) is 11.5 Å². The number of nitrogens with zero attached hydrogens (tertiary/aromatic N) is 2. The first-order chi connectivity index (χ1) is 11.6. The van der Waals surface area contributed by atoms with Crippen LogP contribution in [0.15, 0.2) is 28.9 Å². The van der Waals surface area contributed by atoms with E-state index in [1.165, 1.54) is 19.3 Å². The van der Waals surface area contributed by atoms with Crippen LogP contribution in [-0.2, 0) is 0 Å². The Hall–Kier alpha value is -2.30. The molecule has 2 unspecified atom stereocenters. The quantitative estimate of drug-likeness (QED) is 0.892. The average molecular weight is 325 g/mol. The van der Waals surface area contributed by atoms with Crippen molar-refractivity contribution in [1.29, 1.82) is 0 Å². The standard InChI is InChI=1S/C19H23N3O2/c1-12-6-7-15(9-17(12)18-20-13(2)11-24-18)21-19(23)22-10-14-4-3-5-16(22)8-14/h6-7,9,11,14,16H,3-5,8,10H2,1-2H3,(H,21,23). The van der Waals surface area contributed by atoms with Crippen molar-refractivity contribution in [3.05, 3.63) is 35.7 Å². The van der Waals surface area contributed by atoms with Crippen LogP contribution in [0.5, 0.6) is 0 Å². The molecule has 1 N–H and O–H groups in total. The van der Waals surface area contributed by atoms with Gasteiger partial charge in [0.25, 0.3) is 0 Å². The number of aryl methyl sites for hydroxylation is 2. The Morgan fingerprint density at radius 3 is 2.96 bits per heavy atom. The van der Waals surface area contributed by atoms with E-state index in [2.05, 4.69) is 10.3 Å². The summed E-state index contributed by atoms with van der Waals surface area (Å²) >= 11 is 0. The Balaban J connectivity index is 1.53. The minimum atomic E-state index is 0.0165. The number of carbonyl (C=O) groups is 1. The van der Waals surface area contributed by atoms with Gasteiger partial charge in [-0.25, -0.2) is 9.78 Å². The van der Waals surface area contributed by atoms with Gasteiger partial charge in [-0.05, 0) is 56.7 Å². The fourth-order valence-corrected chi connectivity index (χ4v) is 3.99. The van der Waals surface area contributed by atoms with Crippen LogP contribution in [0.1, 0.15) is 36.9 Å². The number of likely N-dealkylation sites (tertiary alicyclic amines) is 1. The first-order valence-corrected chi connectivity index (χ1v) is 8.71.